The van der Waals surface area contributed by atoms with Gasteiger partial charge in [-0.15, -0.1) is 0 Å². The Kier molecular flexibility index (Phi) is 5.39. The first-order valence-electron chi connectivity index (χ1n) is 6.69. The fraction of sp³-hybridized carbons (Fsp3) is 0.562. The molecule has 0 saturated carbocycles. The molecule has 0 spiro atoms. The second kappa shape index (κ2) is 6.58. The van der Waals surface area contributed by atoms with Gasteiger partial charge in [0.25, 0.3) is 0 Å². The summed E-state index contributed by atoms with van der Waals surface area (Å²) in [7, 11) is 0. The van der Waals surface area contributed by atoms with E-state index in [9.17, 15) is 4.79 Å². The van der Waals surface area contributed by atoms with Crippen molar-refractivity contribution in [3.8, 4) is 0 Å². The average Bonchev–Trinajstić information content (AvgIpc) is 2.27. The fourth-order valence-electron chi connectivity index (χ4n) is 2.04. The van der Waals surface area contributed by atoms with Crippen LogP contribution < -0.4 is 0 Å². The molecule has 0 aromatic heterocycles. The monoisotopic (exact) mass is 248 g/mol. The standard InChI is InChI=1S/C16H24O2/c1-5-9-14(13-10-7-6-8-11-13)12-15(17)18-16(2,3)4/h6-8,10-11,14H,5,9,12H2,1-4H3/t14-/m0/s1. The summed E-state index contributed by atoms with van der Waals surface area (Å²) < 4.78 is 5.40. The van der Waals surface area contributed by atoms with Crippen LogP contribution in [-0.4, -0.2) is 11.6 Å². The molecule has 0 fully saturated rings. The predicted molar refractivity (Wildman–Crippen MR) is 74.6 cm³/mol. The Bertz CT molecular complexity index is 362. The summed E-state index contributed by atoms with van der Waals surface area (Å²) in [6.07, 6.45) is 2.56. The summed E-state index contributed by atoms with van der Waals surface area (Å²) in [4.78, 5) is 11.9. The highest BCUT2D eigenvalue weighted by Gasteiger charge is 2.20. The van der Waals surface area contributed by atoms with Crippen LogP contribution in [0.3, 0.4) is 0 Å². The third-order valence-electron chi connectivity index (χ3n) is 2.74. The SMILES string of the molecule is CCC[C@@H](CC(=O)OC(C)(C)C)c1ccccc1. The highest BCUT2D eigenvalue weighted by molar-refractivity contribution is 5.71. The Hall–Kier alpha value is -1.31. The first-order chi connectivity index (χ1) is 8.42. The number of hydrogen-bond donors (Lipinski definition) is 0. The van der Waals surface area contributed by atoms with Gasteiger partial charge < -0.3 is 4.74 Å². The van der Waals surface area contributed by atoms with Gasteiger partial charge in [-0.25, -0.2) is 0 Å². The maximum atomic E-state index is 11.9. The zero-order valence-electron chi connectivity index (χ0n) is 11.9. The second-order valence-corrected chi connectivity index (χ2v) is 5.69. The minimum atomic E-state index is -0.398. The number of hydrogen-bond acceptors (Lipinski definition) is 2. The van der Waals surface area contributed by atoms with Crippen molar-refractivity contribution in [2.24, 2.45) is 0 Å². The highest BCUT2D eigenvalue weighted by atomic mass is 16.6. The molecule has 1 atom stereocenters. The van der Waals surface area contributed by atoms with Gasteiger partial charge in [0, 0.05) is 0 Å². The van der Waals surface area contributed by atoms with Crippen LogP contribution in [-0.2, 0) is 9.53 Å². The molecule has 100 valence electrons. The summed E-state index contributed by atoms with van der Waals surface area (Å²) in [6, 6.07) is 10.2. The van der Waals surface area contributed by atoms with E-state index in [0.717, 1.165) is 12.8 Å². The van der Waals surface area contributed by atoms with Gasteiger partial charge in [0.1, 0.15) is 5.60 Å². The van der Waals surface area contributed by atoms with Crippen LogP contribution in [0, 0.1) is 0 Å². The minimum Gasteiger partial charge on any atom is -0.460 e. The number of esters is 1. The number of carbonyl (C=O) groups is 1. The minimum absolute atomic E-state index is 0.107. The van der Waals surface area contributed by atoms with Gasteiger partial charge in [-0.2, -0.15) is 0 Å². The van der Waals surface area contributed by atoms with Crippen LogP contribution in [0.5, 0.6) is 0 Å². The lowest BCUT2D eigenvalue weighted by Crippen LogP contribution is -2.25. The lowest BCUT2D eigenvalue weighted by Gasteiger charge is -2.22. The van der Waals surface area contributed by atoms with Crippen molar-refractivity contribution in [3.63, 3.8) is 0 Å². The van der Waals surface area contributed by atoms with Crippen molar-refractivity contribution in [1.29, 1.82) is 0 Å². The molecule has 2 nitrogen and oxygen atoms in total. The topological polar surface area (TPSA) is 26.3 Å². The number of benzene rings is 1. The molecule has 1 aromatic carbocycles. The molecular formula is C16H24O2. The Morgan fingerprint density at radius 1 is 1.22 bits per heavy atom. The van der Waals surface area contributed by atoms with E-state index in [4.69, 9.17) is 4.74 Å². The number of rotatable bonds is 5. The molecule has 0 N–H and O–H groups in total. The fourth-order valence-corrected chi connectivity index (χ4v) is 2.04. The van der Waals surface area contributed by atoms with Crippen LogP contribution in [0.15, 0.2) is 30.3 Å². The lowest BCUT2D eigenvalue weighted by molar-refractivity contribution is -0.155. The van der Waals surface area contributed by atoms with Crippen molar-refractivity contribution in [2.75, 3.05) is 0 Å². The van der Waals surface area contributed by atoms with Gasteiger partial charge in [0.2, 0.25) is 0 Å². The normalized spacial score (nSPS) is 13.1. The van der Waals surface area contributed by atoms with Crippen LogP contribution in [0.4, 0.5) is 0 Å². The van der Waals surface area contributed by atoms with E-state index in [-0.39, 0.29) is 11.9 Å². The van der Waals surface area contributed by atoms with Crippen molar-refractivity contribution in [1.82, 2.24) is 0 Å². The van der Waals surface area contributed by atoms with E-state index in [0.29, 0.717) is 6.42 Å². The van der Waals surface area contributed by atoms with E-state index in [1.807, 2.05) is 39.0 Å². The Balaban J connectivity index is 2.67. The zero-order valence-corrected chi connectivity index (χ0v) is 11.9. The first kappa shape index (κ1) is 14.7. The van der Waals surface area contributed by atoms with Crippen molar-refractivity contribution < 1.29 is 9.53 Å². The van der Waals surface area contributed by atoms with Crippen LogP contribution in [0.2, 0.25) is 0 Å². The second-order valence-electron chi connectivity index (χ2n) is 5.69. The van der Waals surface area contributed by atoms with Gasteiger partial charge in [0.15, 0.2) is 0 Å². The summed E-state index contributed by atoms with van der Waals surface area (Å²) in [5.74, 6) is 0.163. The molecular weight excluding hydrogens is 224 g/mol. The maximum Gasteiger partial charge on any atom is 0.306 e. The Labute approximate surface area is 110 Å². The molecule has 0 radical (unpaired) electrons. The zero-order chi connectivity index (χ0) is 13.6. The first-order valence-corrected chi connectivity index (χ1v) is 6.69. The summed E-state index contributed by atoms with van der Waals surface area (Å²) in [5, 5.41) is 0. The molecule has 18 heavy (non-hydrogen) atoms. The molecule has 0 amide bonds. The molecule has 0 unspecified atom stereocenters. The van der Waals surface area contributed by atoms with Crippen LogP contribution >= 0.6 is 0 Å². The van der Waals surface area contributed by atoms with Gasteiger partial charge in [-0.05, 0) is 38.7 Å². The Morgan fingerprint density at radius 2 is 1.83 bits per heavy atom. The predicted octanol–water partition coefficient (Wildman–Crippen LogP) is 4.30. The third kappa shape index (κ3) is 5.35. The van der Waals surface area contributed by atoms with Gasteiger partial charge in [0.05, 0.1) is 6.42 Å². The largest absolute Gasteiger partial charge is 0.460 e. The molecule has 0 saturated heterocycles. The van der Waals surface area contributed by atoms with Crippen molar-refractivity contribution >= 4 is 5.97 Å². The quantitative estimate of drug-likeness (QED) is 0.726. The van der Waals surface area contributed by atoms with E-state index in [2.05, 4.69) is 19.1 Å². The lowest BCUT2D eigenvalue weighted by atomic mass is 9.91. The molecule has 1 rings (SSSR count). The average molecular weight is 248 g/mol. The van der Waals surface area contributed by atoms with Gasteiger partial charge in [-0.3, -0.25) is 4.79 Å². The molecule has 0 heterocycles. The summed E-state index contributed by atoms with van der Waals surface area (Å²) in [6.45, 7) is 7.86. The molecule has 1 aromatic rings. The highest BCUT2D eigenvalue weighted by Crippen LogP contribution is 2.26. The van der Waals surface area contributed by atoms with Gasteiger partial charge in [-0.1, -0.05) is 43.7 Å². The van der Waals surface area contributed by atoms with Crippen LogP contribution in [0.1, 0.15) is 58.4 Å². The van der Waals surface area contributed by atoms with E-state index >= 15 is 0 Å². The van der Waals surface area contributed by atoms with E-state index < -0.39 is 5.60 Å². The maximum absolute atomic E-state index is 11.9. The van der Waals surface area contributed by atoms with E-state index in [1.165, 1.54) is 5.56 Å². The van der Waals surface area contributed by atoms with Crippen molar-refractivity contribution in [3.05, 3.63) is 35.9 Å². The summed E-state index contributed by atoms with van der Waals surface area (Å²) in [5.41, 5.74) is 0.829. The van der Waals surface area contributed by atoms with Gasteiger partial charge >= 0.3 is 5.97 Å². The Morgan fingerprint density at radius 3 is 2.33 bits per heavy atom. The third-order valence-corrected chi connectivity index (χ3v) is 2.74. The smallest absolute Gasteiger partial charge is 0.306 e. The van der Waals surface area contributed by atoms with Crippen molar-refractivity contribution in [2.45, 2.75) is 58.5 Å². The van der Waals surface area contributed by atoms with Crippen LogP contribution in [0.25, 0.3) is 0 Å². The molecule has 2 heteroatoms. The molecule has 0 aliphatic carbocycles. The van der Waals surface area contributed by atoms with E-state index in [1.54, 1.807) is 0 Å². The molecule has 0 aliphatic rings. The number of ether oxygens (including phenoxy) is 1. The molecule has 0 bridgehead atoms. The number of carbonyl (C=O) groups excluding carboxylic acids is 1. The molecule has 0 aliphatic heterocycles. The summed E-state index contributed by atoms with van der Waals surface area (Å²) >= 11 is 0.